The van der Waals surface area contributed by atoms with E-state index in [0.29, 0.717) is 5.15 Å². The second-order valence-electron chi connectivity index (χ2n) is 2.38. The van der Waals surface area contributed by atoms with Gasteiger partial charge in [0, 0.05) is 0 Å². The molecule has 2 aromatic heterocycles. The molecule has 6 heteroatoms. The first kappa shape index (κ1) is 8.29. The Labute approximate surface area is 84.0 Å². The molecule has 0 unspecified atom stereocenters. The fraction of sp³-hybridized carbons (Fsp3) is 0. The molecule has 0 radical (unpaired) electrons. The van der Waals surface area contributed by atoms with Crippen LogP contribution in [-0.2, 0) is 0 Å². The molecule has 60 valence electrons. The molecule has 2 heterocycles. The Morgan fingerprint density at radius 2 is 2.08 bits per heavy atom. The molecular formula is C6H3BCl2N2S. The van der Waals surface area contributed by atoms with Gasteiger partial charge in [0.15, 0.2) is 5.15 Å². The van der Waals surface area contributed by atoms with E-state index in [2.05, 4.69) is 9.97 Å². The predicted octanol–water partition coefficient (Wildman–Crippen LogP) is 1.26. The van der Waals surface area contributed by atoms with Crippen LogP contribution in [0.5, 0.6) is 0 Å². The molecule has 0 saturated heterocycles. The van der Waals surface area contributed by atoms with Crippen LogP contribution in [0.15, 0.2) is 5.38 Å². The van der Waals surface area contributed by atoms with Gasteiger partial charge in [-0.15, -0.1) is 11.3 Å². The number of nitrogens with zero attached hydrogens (tertiary/aromatic N) is 2. The summed E-state index contributed by atoms with van der Waals surface area (Å²) in [5.41, 5.74) is 1.94. The summed E-state index contributed by atoms with van der Waals surface area (Å²) in [7, 11) is 1.97. The van der Waals surface area contributed by atoms with Gasteiger partial charge in [0.05, 0.1) is 10.2 Å². The topological polar surface area (TPSA) is 25.8 Å². The zero-order chi connectivity index (χ0) is 8.72. The maximum atomic E-state index is 5.85. The zero-order valence-electron chi connectivity index (χ0n) is 6.14. The van der Waals surface area contributed by atoms with Gasteiger partial charge in [0.1, 0.15) is 7.85 Å². The second-order valence-corrected chi connectivity index (χ2v) is 3.96. The molecule has 0 aromatic carbocycles. The van der Waals surface area contributed by atoms with E-state index in [0.717, 1.165) is 15.7 Å². The highest BCUT2D eigenvalue weighted by Gasteiger charge is 2.07. The van der Waals surface area contributed by atoms with Crippen molar-refractivity contribution in [3.63, 3.8) is 0 Å². The number of hydrogen-bond donors (Lipinski definition) is 0. The Kier molecular flexibility index (Phi) is 1.98. The minimum atomic E-state index is 0.203. The quantitative estimate of drug-likeness (QED) is 0.377. The normalized spacial score (nSPS) is 10.8. The lowest BCUT2D eigenvalue weighted by Crippen LogP contribution is -2.00. The van der Waals surface area contributed by atoms with Crippen molar-refractivity contribution in [3.8, 4) is 0 Å². The van der Waals surface area contributed by atoms with Crippen molar-refractivity contribution < 1.29 is 0 Å². The first-order valence-electron chi connectivity index (χ1n) is 3.25. The van der Waals surface area contributed by atoms with Gasteiger partial charge in [0.25, 0.3) is 0 Å². The van der Waals surface area contributed by atoms with E-state index in [9.17, 15) is 0 Å². The maximum Gasteiger partial charge on any atom is 0.224 e. The Morgan fingerprint density at radius 1 is 1.33 bits per heavy atom. The van der Waals surface area contributed by atoms with Gasteiger partial charge < -0.3 is 0 Å². The minimum Gasteiger partial charge on any atom is -0.218 e. The lowest BCUT2D eigenvalue weighted by Gasteiger charge is -1.93. The molecule has 0 fully saturated rings. The van der Waals surface area contributed by atoms with Gasteiger partial charge in [-0.3, -0.25) is 0 Å². The third kappa shape index (κ3) is 1.20. The Balaban J connectivity index is 2.92. The van der Waals surface area contributed by atoms with Crippen LogP contribution in [0.25, 0.3) is 10.2 Å². The van der Waals surface area contributed by atoms with Crippen molar-refractivity contribution in [2.75, 3.05) is 0 Å². The molecular weight excluding hydrogens is 214 g/mol. The van der Waals surface area contributed by atoms with E-state index >= 15 is 0 Å². The number of fused-ring (bicyclic) bond motifs is 1. The monoisotopic (exact) mass is 216 g/mol. The summed E-state index contributed by atoms with van der Waals surface area (Å²) in [6, 6.07) is 0. The summed E-state index contributed by atoms with van der Waals surface area (Å²) in [6.45, 7) is 0. The van der Waals surface area contributed by atoms with Crippen molar-refractivity contribution in [2.24, 2.45) is 0 Å². The van der Waals surface area contributed by atoms with Crippen molar-refractivity contribution >= 4 is 58.1 Å². The van der Waals surface area contributed by atoms with E-state index in [1.165, 1.54) is 11.3 Å². The van der Waals surface area contributed by atoms with Crippen LogP contribution >= 0.6 is 34.5 Å². The van der Waals surface area contributed by atoms with Crippen LogP contribution in [0, 0.1) is 0 Å². The molecule has 0 N–H and O–H groups in total. The summed E-state index contributed by atoms with van der Waals surface area (Å²) < 4.78 is 0.901. The number of rotatable bonds is 0. The standard InChI is InChI=1S/C6H3BCl2N2S/c7-2-1-12-4-3(2)10-6(9)11-5(4)8/h1H,7H2. The van der Waals surface area contributed by atoms with E-state index in [4.69, 9.17) is 23.2 Å². The predicted molar refractivity (Wildman–Crippen MR) is 55.6 cm³/mol. The smallest absolute Gasteiger partial charge is 0.218 e. The molecule has 0 aliphatic rings. The molecule has 0 bridgehead atoms. The molecule has 0 amide bonds. The van der Waals surface area contributed by atoms with Crippen molar-refractivity contribution in [1.29, 1.82) is 0 Å². The van der Waals surface area contributed by atoms with Crippen LogP contribution in [-0.4, -0.2) is 17.8 Å². The summed E-state index contributed by atoms with van der Waals surface area (Å²) in [5, 5.41) is 2.62. The third-order valence-electron chi connectivity index (χ3n) is 1.52. The SMILES string of the molecule is Bc1csc2c(Cl)nc(Cl)nc12. The lowest BCUT2D eigenvalue weighted by atomic mass is 9.99. The van der Waals surface area contributed by atoms with E-state index in [-0.39, 0.29) is 5.28 Å². The highest BCUT2D eigenvalue weighted by atomic mass is 35.5. The van der Waals surface area contributed by atoms with Crippen LogP contribution in [0.1, 0.15) is 0 Å². The van der Waals surface area contributed by atoms with Crippen LogP contribution in [0.2, 0.25) is 10.4 Å². The average molecular weight is 217 g/mol. The van der Waals surface area contributed by atoms with Crippen molar-refractivity contribution in [2.45, 2.75) is 0 Å². The largest absolute Gasteiger partial charge is 0.224 e. The first-order valence-corrected chi connectivity index (χ1v) is 4.89. The van der Waals surface area contributed by atoms with Gasteiger partial charge in [-0.2, -0.15) is 0 Å². The zero-order valence-corrected chi connectivity index (χ0v) is 8.46. The number of aromatic nitrogens is 2. The molecule has 0 spiro atoms. The average Bonchev–Trinajstić information content (AvgIpc) is 2.33. The summed E-state index contributed by atoms with van der Waals surface area (Å²) in [4.78, 5) is 7.92. The van der Waals surface area contributed by atoms with E-state index in [1.54, 1.807) is 0 Å². The second kappa shape index (κ2) is 2.87. The fourth-order valence-corrected chi connectivity index (χ4v) is 2.36. The van der Waals surface area contributed by atoms with E-state index < -0.39 is 0 Å². The van der Waals surface area contributed by atoms with Crippen molar-refractivity contribution in [3.05, 3.63) is 15.8 Å². The van der Waals surface area contributed by atoms with Gasteiger partial charge in [0.2, 0.25) is 5.28 Å². The Hall–Kier alpha value is -0.315. The molecule has 2 aromatic rings. The maximum absolute atomic E-state index is 5.85. The van der Waals surface area contributed by atoms with Crippen LogP contribution < -0.4 is 5.46 Å². The van der Waals surface area contributed by atoms with Gasteiger partial charge >= 0.3 is 0 Å². The molecule has 0 aliphatic carbocycles. The molecule has 2 nitrogen and oxygen atoms in total. The Morgan fingerprint density at radius 3 is 2.83 bits per heavy atom. The van der Waals surface area contributed by atoms with Gasteiger partial charge in [-0.1, -0.05) is 17.1 Å². The number of halogens is 2. The number of thiophene rings is 1. The summed E-state index contributed by atoms with van der Waals surface area (Å²) in [6.07, 6.45) is 0. The molecule has 0 aliphatic heterocycles. The van der Waals surface area contributed by atoms with E-state index in [1.807, 2.05) is 13.2 Å². The number of hydrogen-bond acceptors (Lipinski definition) is 3. The third-order valence-corrected chi connectivity index (χ3v) is 3.17. The Bertz CT molecular complexity index is 442. The summed E-state index contributed by atoms with van der Waals surface area (Å²) in [5.74, 6) is 0. The first-order chi connectivity index (χ1) is 5.68. The minimum absolute atomic E-state index is 0.203. The molecule has 0 atom stereocenters. The summed E-state index contributed by atoms with van der Waals surface area (Å²) >= 11 is 13.0. The van der Waals surface area contributed by atoms with Gasteiger partial charge in [-0.25, -0.2) is 9.97 Å². The molecule has 12 heavy (non-hydrogen) atoms. The lowest BCUT2D eigenvalue weighted by molar-refractivity contribution is 1.23. The van der Waals surface area contributed by atoms with Crippen LogP contribution in [0.4, 0.5) is 0 Å². The fourth-order valence-electron chi connectivity index (χ4n) is 0.972. The van der Waals surface area contributed by atoms with Crippen LogP contribution in [0.3, 0.4) is 0 Å². The van der Waals surface area contributed by atoms with Gasteiger partial charge in [-0.05, 0) is 17.0 Å². The highest BCUT2D eigenvalue weighted by Crippen LogP contribution is 2.24. The highest BCUT2D eigenvalue weighted by molar-refractivity contribution is 7.19. The van der Waals surface area contributed by atoms with Crippen molar-refractivity contribution in [1.82, 2.24) is 9.97 Å². The molecule has 2 rings (SSSR count). The molecule has 0 saturated carbocycles.